The molecule has 1 heterocycles. The minimum Gasteiger partial charge on any atom is -0.325 e. The molecule has 154 valence electrons. The quantitative estimate of drug-likeness (QED) is 0.722. The molecule has 1 saturated heterocycles. The van der Waals surface area contributed by atoms with E-state index >= 15 is 0 Å². The zero-order chi connectivity index (χ0) is 20.9. The summed E-state index contributed by atoms with van der Waals surface area (Å²) < 4.78 is 40.7. The normalized spacial score (nSPS) is 14.8. The van der Waals surface area contributed by atoms with Crippen LogP contribution in [0.15, 0.2) is 48.5 Å². The summed E-state index contributed by atoms with van der Waals surface area (Å²) in [5.41, 5.74) is -1.01. The van der Waals surface area contributed by atoms with Crippen LogP contribution in [0.5, 0.6) is 0 Å². The van der Waals surface area contributed by atoms with Crippen molar-refractivity contribution in [1.82, 2.24) is 4.90 Å². The Balaban J connectivity index is 1.79. The summed E-state index contributed by atoms with van der Waals surface area (Å²) in [6.07, 6.45) is -0.996. The highest BCUT2D eigenvalue weighted by Gasteiger charge is 2.35. The Morgan fingerprint density at radius 1 is 0.862 bits per heavy atom. The van der Waals surface area contributed by atoms with Gasteiger partial charge < -0.3 is 15.5 Å². The van der Waals surface area contributed by atoms with Crippen LogP contribution < -0.4 is 10.6 Å². The lowest BCUT2D eigenvalue weighted by atomic mass is 10.1. The SMILES string of the molecule is O=C(Nc1ccc(NC(=O)N2CCCCCC2)c(C(F)(F)F)c1)c1ccccc1. The van der Waals surface area contributed by atoms with Crippen molar-refractivity contribution in [3.05, 3.63) is 59.7 Å². The van der Waals surface area contributed by atoms with Gasteiger partial charge in [0.25, 0.3) is 5.91 Å². The summed E-state index contributed by atoms with van der Waals surface area (Å²) >= 11 is 0. The summed E-state index contributed by atoms with van der Waals surface area (Å²) in [6, 6.07) is 11.0. The average molecular weight is 405 g/mol. The van der Waals surface area contributed by atoms with Gasteiger partial charge >= 0.3 is 12.2 Å². The van der Waals surface area contributed by atoms with Crippen molar-refractivity contribution in [1.29, 1.82) is 0 Å². The van der Waals surface area contributed by atoms with Gasteiger partial charge in [0.05, 0.1) is 11.3 Å². The van der Waals surface area contributed by atoms with Gasteiger partial charge in [-0.2, -0.15) is 13.2 Å². The molecule has 2 aromatic carbocycles. The number of carbonyl (C=O) groups excluding carboxylic acids is 2. The molecule has 1 aliphatic rings. The van der Waals surface area contributed by atoms with E-state index in [4.69, 9.17) is 0 Å². The second-order valence-electron chi connectivity index (χ2n) is 6.91. The van der Waals surface area contributed by atoms with Gasteiger partial charge in [0, 0.05) is 24.3 Å². The highest BCUT2D eigenvalue weighted by Crippen LogP contribution is 2.37. The smallest absolute Gasteiger partial charge is 0.325 e. The fraction of sp³-hybridized carbons (Fsp3) is 0.333. The largest absolute Gasteiger partial charge is 0.418 e. The van der Waals surface area contributed by atoms with Gasteiger partial charge in [0.15, 0.2) is 0 Å². The Bertz CT molecular complexity index is 861. The third kappa shape index (κ3) is 5.49. The van der Waals surface area contributed by atoms with Gasteiger partial charge in [-0.1, -0.05) is 31.0 Å². The van der Waals surface area contributed by atoms with Crippen molar-refractivity contribution in [2.24, 2.45) is 0 Å². The number of urea groups is 1. The number of anilines is 2. The second-order valence-corrected chi connectivity index (χ2v) is 6.91. The molecule has 5 nitrogen and oxygen atoms in total. The van der Waals surface area contributed by atoms with Gasteiger partial charge in [-0.25, -0.2) is 4.79 Å². The van der Waals surface area contributed by atoms with Crippen LogP contribution in [0.1, 0.15) is 41.6 Å². The van der Waals surface area contributed by atoms with Crippen molar-refractivity contribution in [3.8, 4) is 0 Å². The number of carbonyl (C=O) groups is 2. The van der Waals surface area contributed by atoms with E-state index in [2.05, 4.69) is 10.6 Å². The summed E-state index contributed by atoms with van der Waals surface area (Å²) in [5.74, 6) is -0.514. The van der Waals surface area contributed by atoms with E-state index in [1.807, 2.05) is 0 Å². The summed E-state index contributed by atoms with van der Waals surface area (Å²) in [6.45, 7) is 1.05. The topological polar surface area (TPSA) is 61.4 Å². The van der Waals surface area contributed by atoms with Crippen LogP contribution in [0.3, 0.4) is 0 Å². The van der Waals surface area contributed by atoms with E-state index in [1.54, 1.807) is 30.3 Å². The van der Waals surface area contributed by atoms with Crippen LogP contribution in [0, 0.1) is 0 Å². The molecule has 0 unspecified atom stereocenters. The molecule has 29 heavy (non-hydrogen) atoms. The van der Waals surface area contributed by atoms with E-state index in [9.17, 15) is 22.8 Å². The van der Waals surface area contributed by atoms with Crippen LogP contribution in [-0.4, -0.2) is 29.9 Å². The van der Waals surface area contributed by atoms with E-state index in [0.29, 0.717) is 18.7 Å². The van der Waals surface area contributed by atoms with Gasteiger partial charge in [-0.15, -0.1) is 0 Å². The molecule has 8 heteroatoms. The zero-order valence-electron chi connectivity index (χ0n) is 15.8. The highest BCUT2D eigenvalue weighted by molar-refractivity contribution is 6.04. The molecule has 1 fully saturated rings. The van der Waals surface area contributed by atoms with E-state index in [1.165, 1.54) is 17.0 Å². The first-order valence-electron chi connectivity index (χ1n) is 9.48. The van der Waals surface area contributed by atoms with Crippen LogP contribution in [-0.2, 0) is 6.18 Å². The molecular weight excluding hydrogens is 383 g/mol. The molecule has 1 aliphatic heterocycles. The highest BCUT2D eigenvalue weighted by atomic mass is 19.4. The Hall–Kier alpha value is -3.03. The molecule has 0 aromatic heterocycles. The Labute approximate surface area is 166 Å². The monoisotopic (exact) mass is 405 g/mol. The van der Waals surface area contributed by atoms with E-state index < -0.39 is 23.7 Å². The van der Waals surface area contributed by atoms with Crippen molar-refractivity contribution in [3.63, 3.8) is 0 Å². The first-order chi connectivity index (χ1) is 13.8. The number of nitrogens with zero attached hydrogens (tertiary/aromatic N) is 1. The number of nitrogens with one attached hydrogen (secondary N) is 2. The number of rotatable bonds is 3. The molecule has 0 aliphatic carbocycles. The van der Waals surface area contributed by atoms with Gasteiger partial charge in [-0.05, 0) is 43.2 Å². The lowest BCUT2D eigenvalue weighted by Crippen LogP contribution is -2.36. The number of hydrogen-bond donors (Lipinski definition) is 2. The maximum Gasteiger partial charge on any atom is 0.418 e. The van der Waals surface area contributed by atoms with Crippen LogP contribution >= 0.6 is 0 Å². The first-order valence-corrected chi connectivity index (χ1v) is 9.48. The average Bonchev–Trinajstić information content (AvgIpc) is 2.98. The predicted molar refractivity (Wildman–Crippen MR) is 105 cm³/mol. The molecule has 0 saturated carbocycles. The van der Waals surface area contributed by atoms with Crippen molar-refractivity contribution < 1.29 is 22.8 Å². The molecule has 0 atom stereocenters. The lowest BCUT2D eigenvalue weighted by Gasteiger charge is -2.22. The van der Waals surface area contributed by atoms with Gasteiger partial charge in [0.1, 0.15) is 0 Å². The maximum atomic E-state index is 13.6. The maximum absolute atomic E-state index is 13.6. The Morgan fingerprint density at radius 2 is 1.52 bits per heavy atom. The third-order valence-corrected chi connectivity index (χ3v) is 4.75. The van der Waals surface area contributed by atoms with E-state index in [0.717, 1.165) is 31.7 Å². The number of alkyl halides is 3. The summed E-state index contributed by atoms with van der Waals surface area (Å²) in [7, 11) is 0. The van der Waals surface area contributed by atoms with Crippen molar-refractivity contribution in [2.45, 2.75) is 31.9 Å². The van der Waals surface area contributed by atoms with Crippen LogP contribution in [0.4, 0.5) is 29.3 Å². The first kappa shape index (κ1) is 20.7. The predicted octanol–water partition coefficient (Wildman–Crippen LogP) is 5.37. The van der Waals surface area contributed by atoms with Gasteiger partial charge in [-0.3, -0.25) is 4.79 Å². The second kappa shape index (κ2) is 8.98. The summed E-state index contributed by atoms with van der Waals surface area (Å²) in [4.78, 5) is 26.2. The molecule has 0 bridgehead atoms. The molecule has 0 radical (unpaired) electrons. The van der Waals surface area contributed by atoms with Crippen LogP contribution in [0.2, 0.25) is 0 Å². The zero-order valence-corrected chi connectivity index (χ0v) is 15.8. The number of likely N-dealkylation sites (tertiary alicyclic amines) is 1. The van der Waals surface area contributed by atoms with Crippen LogP contribution in [0.25, 0.3) is 0 Å². The molecule has 3 amide bonds. The fourth-order valence-corrected chi connectivity index (χ4v) is 3.23. The number of benzene rings is 2. The molecule has 2 aromatic rings. The fourth-order valence-electron chi connectivity index (χ4n) is 3.23. The van der Waals surface area contributed by atoms with Crippen molar-refractivity contribution in [2.75, 3.05) is 23.7 Å². The number of halogens is 3. The van der Waals surface area contributed by atoms with Gasteiger partial charge in [0.2, 0.25) is 0 Å². The standard InChI is InChI=1S/C21H22F3N3O2/c22-21(23,24)17-14-16(25-19(28)15-8-4-3-5-9-15)10-11-18(17)26-20(29)27-12-6-1-2-7-13-27/h3-5,8-11,14H,1-2,6-7,12-13H2,(H,25,28)(H,26,29). The molecule has 2 N–H and O–H groups in total. The minimum absolute atomic E-state index is 0.000973. The Morgan fingerprint density at radius 3 is 2.14 bits per heavy atom. The third-order valence-electron chi connectivity index (χ3n) is 4.75. The molecule has 0 spiro atoms. The summed E-state index contributed by atoms with van der Waals surface area (Å²) in [5, 5.41) is 4.84. The number of hydrogen-bond acceptors (Lipinski definition) is 2. The number of amides is 3. The Kier molecular flexibility index (Phi) is 6.41. The molecular formula is C21H22F3N3O2. The minimum atomic E-state index is -4.69. The lowest BCUT2D eigenvalue weighted by molar-refractivity contribution is -0.136. The van der Waals surface area contributed by atoms with Crippen molar-refractivity contribution >= 4 is 23.3 Å². The van der Waals surface area contributed by atoms with E-state index in [-0.39, 0.29) is 11.4 Å². The molecule has 3 rings (SSSR count).